The Labute approximate surface area is 152 Å². The Bertz CT molecular complexity index is 1020. The van der Waals surface area contributed by atoms with Gasteiger partial charge in [-0.15, -0.1) is 11.3 Å². The lowest BCUT2D eigenvalue weighted by molar-refractivity contribution is -0.384. The number of nitrogens with one attached hydrogen (secondary N) is 1. The van der Waals surface area contributed by atoms with Crippen molar-refractivity contribution >= 4 is 38.7 Å². The summed E-state index contributed by atoms with van der Waals surface area (Å²) in [5.41, 5.74) is 1.37. The molecule has 0 bridgehead atoms. The molecule has 0 aliphatic heterocycles. The van der Waals surface area contributed by atoms with Crippen LogP contribution in [0.3, 0.4) is 0 Å². The number of nitrogens with zero attached hydrogens (tertiary/aromatic N) is 1. The Balaban J connectivity index is 2.03. The highest BCUT2D eigenvalue weighted by Gasteiger charge is 2.21. The van der Waals surface area contributed by atoms with Gasteiger partial charge in [-0.2, -0.15) is 0 Å². The number of methoxy groups -OCH3 is 1. The maximum atomic E-state index is 14.2. The first-order valence-corrected chi connectivity index (χ1v) is 8.49. The average Bonchev–Trinajstić information content (AvgIpc) is 2.97. The van der Waals surface area contributed by atoms with Crippen molar-refractivity contribution in [1.82, 2.24) is 0 Å². The van der Waals surface area contributed by atoms with Crippen molar-refractivity contribution in [3.05, 3.63) is 68.3 Å². The molecule has 8 heteroatoms. The highest BCUT2D eigenvalue weighted by atomic mass is 32.1. The van der Waals surface area contributed by atoms with Gasteiger partial charge in [0.15, 0.2) is 0 Å². The number of nitro benzene ring substituents is 1. The molecular weight excluding hydrogens is 359 g/mol. The van der Waals surface area contributed by atoms with E-state index in [4.69, 9.17) is 4.74 Å². The molecule has 134 valence electrons. The predicted octanol–water partition coefficient (Wildman–Crippen LogP) is 4.66. The van der Waals surface area contributed by atoms with Gasteiger partial charge in [0.25, 0.3) is 11.6 Å². The van der Waals surface area contributed by atoms with Crippen LogP contribution in [0.5, 0.6) is 0 Å². The summed E-state index contributed by atoms with van der Waals surface area (Å²) in [6.07, 6.45) is 0. The third kappa shape index (κ3) is 3.29. The number of hydrogen-bond acceptors (Lipinski definition) is 5. The fourth-order valence-corrected chi connectivity index (χ4v) is 3.79. The fourth-order valence-electron chi connectivity index (χ4n) is 2.67. The van der Waals surface area contributed by atoms with Gasteiger partial charge in [0.05, 0.1) is 22.1 Å². The molecule has 1 aromatic heterocycles. The molecular formula is C18H15FN2O4S. The first kappa shape index (κ1) is 18.0. The Kier molecular flexibility index (Phi) is 4.97. The van der Waals surface area contributed by atoms with Crippen molar-refractivity contribution in [2.75, 3.05) is 12.4 Å². The number of aryl methyl sites for hydroxylation is 1. The number of non-ortho nitro benzene ring substituents is 1. The van der Waals surface area contributed by atoms with Crippen LogP contribution in [0.25, 0.3) is 10.1 Å². The molecule has 0 aliphatic rings. The van der Waals surface area contributed by atoms with Crippen LogP contribution in [-0.4, -0.2) is 17.9 Å². The second-order valence-electron chi connectivity index (χ2n) is 5.67. The first-order valence-electron chi connectivity index (χ1n) is 7.67. The van der Waals surface area contributed by atoms with Crippen LogP contribution in [0, 0.1) is 22.9 Å². The molecule has 0 radical (unpaired) electrons. The summed E-state index contributed by atoms with van der Waals surface area (Å²) in [7, 11) is 1.47. The van der Waals surface area contributed by atoms with Crippen molar-refractivity contribution in [2.45, 2.75) is 13.5 Å². The molecule has 0 unspecified atom stereocenters. The lowest BCUT2D eigenvalue weighted by Crippen LogP contribution is -2.13. The predicted molar refractivity (Wildman–Crippen MR) is 98.3 cm³/mol. The van der Waals surface area contributed by atoms with Crippen LogP contribution in [-0.2, 0) is 11.3 Å². The third-order valence-corrected chi connectivity index (χ3v) is 5.13. The Morgan fingerprint density at radius 1 is 1.35 bits per heavy atom. The van der Waals surface area contributed by atoms with E-state index < -0.39 is 16.6 Å². The van der Waals surface area contributed by atoms with Crippen LogP contribution in [0.4, 0.5) is 15.8 Å². The molecule has 6 nitrogen and oxygen atoms in total. The molecule has 3 aromatic rings. The summed E-state index contributed by atoms with van der Waals surface area (Å²) in [6, 6.07) is 8.89. The number of amides is 1. The van der Waals surface area contributed by atoms with E-state index in [1.165, 1.54) is 25.3 Å². The largest absolute Gasteiger partial charge is 0.380 e. The van der Waals surface area contributed by atoms with Gasteiger partial charge in [0, 0.05) is 34.9 Å². The zero-order valence-electron chi connectivity index (χ0n) is 14.0. The number of thiophene rings is 1. The van der Waals surface area contributed by atoms with Gasteiger partial charge >= 0.3 is 0 Å². The van der Waals surface area contributed by atoms with Gasteiger partial charge in [-0.3, -0.25) is 14.9 Å². The van der Waals surface area contributed by atoms with Gasteiger partial charge in [-0.1, -0.05) is 12.1 Å². The summed E-state index contributed by atoms with van der Waals surface area (Å²) in [5, 5.41) is 14.0. The van der Waals surface area contributed by atoms with Crippen LogP contribution in [0.2, 0.25) is 0 Å². The SMILES string of the molecule is COCc1c(C(=O)Nc2cc([N+](=O)[O-])ccc2C)sc2cccc(F)c12. The maximum Gasteiger partial charge on any atom is 0.271 e. The summed E-state index contributed by atoms with van der Waals surface area (Å²) in [4.78, 5) is 23.5. The highest BCUT2D eigenvalue weighted by molar-refractivity contribution is 7.21. The standard InChI is InChI=1S/C18H15FN2O4S/c1-10-6-7-11(21(23)24)8-14(10)20-18(22)17-12(9-25-2)16-13(19)4-3-5-15(16)26-17/h3-8H,9H2,1-2H3,(H,20,22). The van der Waals surface area contributed by atoms with E-state index in [1.807, 2.05) is 0 Å². The molecule has 0 aliphatic carbocycles. The van der Waals surface area contributed by atoms with E-state index >= 15 is 0 Å². The van der Waals surface area contributed by atoms with Gasteiger partial charge in [-0.25, -0.2) is 4.39 Å². The van der Waals surface area contributed by atoms with Crippen LogP contribution in [0.15, 0.2) is 36.4 Å². The maximum absolute atomic E-state index is 14.2. The number of carbonyl (C=O) groups excluding carboxylic acids is 1. The summed E-state index contributed by atoms with van der Waals surface area (Å²) < 4.78 is 20.0. The van der Waals surface area contributed by atoms with Crippen molar-refractivity contribution in [3.8, 4) is 0 Å². The molecule has 0 fully saturated rings. The number of ether oxygens (including phenoxy) is 1. The Hall–Kier alpha value is -2.84. The molecule has 0 spiro atoms. The van der Waals surface area contributed by atoms with Gasteiger partial charge < -0.3 is 10.1 Å². The zero-order valence-corrected chi connectivity index (χ0v) is 14.9. The molecule has 1 N–H and O–H groups in total. The number of rotatable bonds is 5. The molecule has 1 heterocycles. The van der Waals surface area contributed by atoms with Gasteiger partial charge in [0.2, 0.25) is 0 Å². The van der Waals surface area contributed by atoms with E-state index in [-0.39, 0.29) is 12.3 Å². The number of nitro groups is 1. The van der Waals surface area contributed by atoms with E-state index in [1.54, 1.807) is 25.1 Å². The number of anilines is 1. The number of hydrogen-bond donors (Lipinski definition) is 1. The normalized spacial score (nSPS) is 10.9. The fraction of sp³-hybridized carbons (Fsp3) is 0.167. The minimum Gasteiger partial charge on any atom is -0.380 e. The molecule has 0 saturated heterocycles. The number of benzene rings is 2. The molecule has 26 heavy (non-hydrogen) atoms. The highest BCUT2D eigenvalue weighted by Crippen LogP contribution is 2.34. The van der Waals surface area contributed by atoms with Crippen LogP contribution in [0.1, 0.15) is 20.8 Å². The quantitative estimate of drug-likeness (QED) is 0.520. The van der Waals surface area contributed by atoms with Crippen LogP contribution < -0.4 is 5.32 Å². The monoisotopic (exact) mass is 374 g/mol. The number of halogens is 1. The second-order valence-corrected chi connectivity index (χ2v) is 6.72. The van der Waals surface area contributed by atoms with Gasteiger partial charge in [-0.05, 0) is 24.6 Å². The van der Waals surface area contributed by atoms with Crippen molar-refractivity contribution in [3.63, 3.8) is 0 Å². The minimum absolute atomic E-state index is 0.0810. The Morgan fingerprint density at radius 3 is 2.81 bits per heavy atom. The summed E-state index contributed by atoms with van der Waals surface area (Å²) in [5.74, 6) is -0.877. The number of carbonyl (C=O) groups is 1. The molecule has 3 rings (SSSR count). The first-order chi connectivity index (χ1) is 12.4. The third-order valence-electron chi connectivity index (χ3n) is 3.94. The minimum atomic E-state index is -0.528. The smallest absolute Gasteiger partial charge is 0.271 e. The molecule has 2 aromatic carbocycles. The van der Waals surface area contributed by atoms with E-state index in [0.29, 0.717) is 31.8 Å². The Morgan fingerprint density at radius 2 is 2.12 bits per heavy atom. The number of fused-ring (bicyclic) bond motifs is 1. The lowest BCUT2D eigenvalue weighted by atomic mass is 10.1. The van der Waals surface area contributed by atoms with Crippen molar-refractivity contribution < 1.29 is 18.8 Å². The summed E-state index contributed by atoms with van der Waals surface area (Å²) >= 11 is 1.16. The van der Waals surface area contributed by atoms with Gasteiger partial charge in [0.1, 0.15) is 5.82 Å². The van der Waals surface area contributed by atoms with Crippen LogP contribution >= 0.6 is 11.3 Å². The van der Waals surface area contributed by atoms with E-state index in [2.05, 4.69) is 5.32 Å². The lowest BCUT2D eigenvalue weighted by Gasteiger charge is -2.09. The summed E-state index contributed by atoms with van der Waals surface area (Å²) in [6.45, 7) is 1.82. The van der Waals surface area contributed by atoms with E-state index in [9.17, 15) is 19.3 Å². The molecule has 0 saturated carbocycles. The average molecular weight is 374 g/mol. The zero-order chi connectivity index (χ0) is 18.8. The molecule has 1 amide bonds. The topological polar surface area (TPSA) is 81.5 Å². The second kappa shape index (κ2) is 7.19. The van der Waals surface area contributed by atoms with Crippen molar-refractivity contribution in [2.24, 2.45) is 0 Å². The molecule has 0 atom stereocenters. The van der Waals surface area contributed by atoms with E-state index in [0.717, 1.165) is 11.3 Å². The van der Waals surface area contributed by atoms with Crippen molar-refractivity contribution in [1.29, 1.82) is 0 Å².